The summed E-state index contributed by atoms with van der Waals surface area (Å²) in [6.45, 7) is 7.02. The number of nitrogens with one attached hydrogen (secondary N) is 1. The Balaban J connectivity index is 2.22. The van der Waals surface area contributed by atoms with Gasteiger partial charge in [-0.2, -0.15) is 0 Å². The van der Waals surface area contributed by atoms with Crippen molar-refractivity contribution in [1.29, 1.82) is 0 Å². The van der Waals surface area contributed by atoms with Crippen LogP contribution in [0.5, 0.6) is 0 Å². The van der Waals surface area contributed by atoms with Crippen molar-refractivity contribution in [2.75, 3.05) is 6.61 Å². The Morgan fingerprint density at radius 1 is 1.36 bits per heavy atom. The molecular formula is C12H23NO. The maximum Gasteiger partial charge on any atom is 0.0494 e. The van der Waals surface area contributed by atoms with Gasteiger partial charge in [0.1, 0.15) is 0 Å². The fourth-order valence-electron chi connectivity index (χ4n) is 2.17. The van der Waals surface area contributed by atoms with Crippen molar-refractivity contribution in [3.8, 4) is 0 Å². The van der Waals surface area contributed by atoms with Crippen molar-refractivity contribution < 1.29 is 5.11 Å². The highest BCUT2D eigenvalue weighted by molar-refractivity contribution is 5.06. The molecule has 0 spiro atoms. The summed E-state index contributed by atoms with van der Waals surface area (Å²) in [5.41, 5.74) is 0. The van der Waals surface area contributed by atoms with Crippen LogP contribution >= 0.6 is 0 Å². The van der Waals surface area contributed by atoms with E-state index in [1.807, 2.05) is 0 Å². The molecule has 0 aliphatic heterocycles. The SMILES string of the molecule is CC(C)CC(C)N[C@@H]1C=C[C@H](CO)C1. The molecule has 0 aromatic rings. The van der Waals surface area contributed by atoms with Gasteiger partial charge in [-0.3, -0.25) is 0 Å². The molecule has 2 nitrogen and oxygen atoms in total. The van der Waals surface area contributed by atoms with Crippen LogP contribution in [0.2, 0.25) is 0 Å². The predicted octanol–water partition coefficient (Wildman–Crippen LogP) is 1.95. The molecule has 1 unspecified atom stereocenters. The topological polar surface area (TPSA) is 32.3 Å². The van der Waals surface area contributed by atoms with Gasteiger partial charge in [-0.25, -0.2) is 0 Å². The molecule has 0 saturated carbocycles. The van der Waals surface area contributed by atoms with E-state index in [0.717, 1.165) is 12.3 Å². The van der Waals surface area contributed by atoms with Crippen LogP contribution in [0.3, 0.4) is 0 Å². The highest BCUT2D eigenvalue weighted by Gasteiger charge is 2.19. The van der Waals surface area contributed by atoms with E-state index in [-0.39, 0.29) is 6.61 Å². The van der Waals surface area contributed by atoms with Crippen molar-refractivity contribution in [1.82, 2.24) is 5.32 Å². The molecule has 2 N–H and O–H groups in total. The molecule has 0 aromatic heterocycles. The zero-order valence-electron chi connectivity index (χ0n) is 9.53. The third kappa shape index (κ3) is 3.81. The van der Waals surface area contributed by atoms with Crippen LogP contribution < -0.4 is 5.32 Å². The van der Waals surface area contributed by atoms with Gasteiger partial charge in [0.2, 0.25) is 0 Å². The Hall–Kier alpha value is -0.340. The summed E-state index contributed by atoms with van der Waals surface area (Å²) in [4.78, 5) is 0. The summed E-state index contributed by atoms with van der Waals surface area (Å²) in [5.74, 6) is 1.12. The average Bonchev–Trinajstić information content (AvgIpc) is 2.50. The Labute approximate surface area is 87.4 Å². The van der Waals surface area contributed by atoms with Crippen LogP contribution in [0, 0.1) is 11.8 Å². The molecule has 0 bridgehead atoms. The van der Waals surface area contributed by atoms with E-state index in [0.29, 0.717) is 18.0 Å². The van der Waals surface area contributed by atoms with Gasteiger partial charge in [0, 0.05) is 24.6 Å². The number of aliphatic hydroxyl groups is 1. The van der Waals surface area contributed by atoms with Crippen LogP contribution in [0.1, 0.15) is 33.6 Å². The van der Waals surface area contributed by atoms with E-state index in [4.69, 9.17) is 5.11 Å². The summed E-state index contributed by atoms with van der Waals surface area (Å²) < 4.78 is 0. The van der Waals surface area contributed by atoms with Crippen LogP contribution in [0.4, 0.5) is 0 Å². The Morgan fingerprint density at radius 2 is 2.07 bits per heavy atom. The third-order valence-corrected chi connectivity index (χ3v) is 2.73. The molecule has 3 atom stereocenters. The second-order valence-corrected chi connectivity index (χ2v) is 4.87. The van der Waals surface area contributed by atoms with Gasteiger partial charge in [0.15, 0.2) is 0 Å². The summed E-state index contributed by atoms with van der Waals surface area (Å²) in [6.07, 6.45) is 6.59. The van der Waals surface area contributed by atoms with Gasteiger partial charge >= 0.3 is 0 Å². The normalized spacial score (nSPS) is 28.6. The molecule has 82 valence electrons. The maximum absolute atomic E-state index is 8.98. The predicted molar refractivity (Wildman–Crippen MR) is 60.2 cm³/mol. The Kier molecular flexibility index (Phi) is 4.63. The highest BCUT2D eigenvalue weighted by Crippen LogP contribution is 2.18. The molecule has 1 aliphatic rings. The Bertz CT molecular complexity index is 189. The number of hydrogen-bond acceptors (Lipinski definition) is 2. The first-order valence-corrected chi connectivity index (χ1v) is 5.67. The van der Waals surface area contributed by atoms with Crippen LogP contribution in [-0.2, 0) is 0 Å². The van der Waals surface area contributed by atoms with E-state index in [1.165, 1.54) is 6.42 Å². The van der Waals surface area contributed by atoms with Gasteiger partial charge in [0.05, 0.1) is 0 Å². The number of hydrogen-bond donors (Lipinski definition) is 2. The number of rotatable bonds is 5. The monoisotopic (exact) mass is 197 g/mol. The van der Waals surface area contributed by atoms with Crippen molar-refractivity contribution in [2.24, 2.45) is 11.8 Å². The molecule has 0 radical (unpaired) electrons. The first-order chi connectivity index (χ1) is 6.61. The maximum atomic E-state index is 8.98. The van der Waals surface area contributed by atoms with Gasteiger partial charge in [-0.1, -0.05) is 26.0 Å². The zero-order chi connectivity index (χ0) is 10.6. The van der Waals surface area contributed by atoms with Gasteiger partial charge in [-0.15, -0.1) is 0 Å². The van der Waals surface area contributed by atoms with E-state index >= 15 is 0 Å². The lowest BCUT2D eigenvalue weighted by molar-refractivity contribution is 0.244. The standard InChI is InChI=1S/C12H23NO/c1-9(2)6-10(3)13-12-5-4-11(7-12)8-14/h4-5,9-14H,6-8H2,1-3H3/t10?,11-,12+/m0/s1. The van der Waals surface area contributed by atoms with E-state index < -0.39 is 0 Å². The highest BCUT2D eigenvalue weighted by atomic mass is 16.3. The number of aliphatic hydroxyl groups excluding tert-OH is 1. The van der Waals surface area contributed by atoms with Crippen molar-refractivity contribution in [3.63, 3.8) is 0 Å². The fourth-order valence-corrected chi connectivity index (χ4v) is 2.17. The fraction of sp³-hybridized carbons (Fsp3) is 0.833. The Morgan fingerprint density at radius 3 is 2.57 bits per heavy atom. The molecule has 1 rings (SSSR count). The summed E-state index contributed by atoms with van der Waals surface area (Å²) in [6, 6.07) is 1.04. The molecule has 1 aliphatic carbocycles. The average molecular weight is 197 g/mol. The lowest BCUT2D eigenvalue weighted by Gasteiger charge is -2.20. The smallest absolute Gasteiger partial charge is 0.0494 e. The quantitative estimate of drug-likeness (QED) is 0.660. The molecule has 0 aromatic carbocycles. The van der Waals surface area contributed by atoms with Crippen molar-refractivity contribution >= 4 is 0 Å². The van der Waals surface area contributed by atoms with E-state index in [1.54, 1.807) is 0 Å². The second-order valence-electron chi connectivity index (χ2n) is 4.87. The van der Waals surface area contributed by atoms with Crippen LogP contribution in [-0.4, -0.2) is 23.8 Å². The zero-order valence-corrected chi connectivity index (χ0v) is 9.53. The van der Waals surface area contributed by atoms with Crippen molar-refractivity contribution in [3.05, 3.63) is 12.2 Å². The molecule has 2 heteroatoms. The minimum absolute atomic E-state index is 0.285. The molecule has 0 saturated heterocycles. The first kappa shape index (κ1) is 11.7. The summed E-state index contributed by atoms with van der Waals surface area (Å²) >= 11 is 0. The second kappa shape index (κ2) is 5.52. The minimum atomic E-state index is 0.285. The van der Waals surface area contributed by atoms with Gasteiger partial charge in [-0.05, 0) is 25.7 Å². The molecular weight excluding hydrogens is 174 g/mol. The summed E-state index contributed by atoms with van der Waals surface area (Å²) in [7, 11) is 0. The lowest BCUT2D eigenvalue weighted by Crippen LogP contribution is -2.35. The summed E-state index contributed by atoms with van der Waals surface area (Å²) in [5, 5.41) is 12.6. The molecule has 14 heavy (non-hydrogen) atoms. The largest absolute Gasteiger partial charge is 0.396 e. The van der Waals surface area contributed by atoms with E-state index in [2.05, 4.69) is 38.2 Å². The molecule has 0 amide bonds. The first-order valence-electron chi connectivity index (χ1n) is 5.67. The molecule has 0 heterocycles. The molecule has 0 fully saturated rings. The van der Waals surface area contributed by atoms with Crippen LogP contribution in [0.25, 0.3) is 0 Å². The van der Waals surface area contributed by atoms with Gasteiger partial charge in [0.25, 0.3) is 0 Å². The van der Waals surface area contributed by atoms with E-state index in [9.17, 15) is 0 Å². The van der Waals surface area contributed by atoms with Crippen molar-refractivity contribution in [2.45, 2.75) is 45.7 Å². The third-order valence-electron chi connectivity index (χ3n) is 2.73. The lowest BCUT2D eigenvalue weighted by atomic mass is 10.0. The van der Waals surface area contributed by atoms with Gasteiger partial charge < -0.3 is 10.4 Å². The van der Waals surface area contributed by atoms with Crippen LogP contribution in [0.15, 0.2) is 12.2 Å². The minimum Gasteiger partial charge on any atom is -0.396 e.